The third-order valence-corrected chi connectivity index (χ3v) is 2.31. The minimum absolute atomic E-state index is 0.586. The first-order chi connectivity index (χ1) is 4.77. The van der Waals surface area contributed by atoms with Gasteiger partial charge in [-0.3, -0.25) is 0 Å². The van der Waals surface area contributed by atoms with Crippen molar-refractivity contribution in [2.75, 3.05) is 12.4 Å². The predicted molar refractivity (Wildman–Crippen MR) is 38.6 cm³/mol. The van der Waals surface area contributed by atoms with E-state index < -0.39 is 23.4 Å². The number of alkyl halides is 4. The topological polar surface area (TPSA) is 0 Å². The molecule has 0 N–H and O–H groups in total. The van der Waals surface area contributed by atoms with Gasteiger partial charge < -0.3 is 0 Å². The average molecular weight is 190 g/mol. The summed E-state index contributed by atoms with van der Waals surface area (Å²) in [7, 11) is 0. The lowest BCUT2D eigenvalue weighted by Crippen LogP contribution is -2.22. The Kier molecular flexibility index (Phi) is 3.67. The summed E-state index contributed by atoms with van der Waals surface area (Å²) in [5, 5.41) is 0. The zero-order chi connectivity index (χ0) is 9.12. The molecular weight excluding hydrogens is 180 g/mol. The van der Waals surface area contributed by atoms with E-state index in [2.05, 4.69) is 0 Å². The van der Waals surface area contributed by atoms with Crippen LogP contribution in [-0.2, 0) is 0 Å². The molecule has 0 radical (unpaired) electrons. The Balaban J connectivity index is 3.70. The third kappa shape index (κ3) is 6.47. The van der Waals surface area contributed by atoms with Gasteiger partial charge in [0.2, 0.25) is 0 Å². The van der Waals surface area contributed by atoms with Crippen LogP contribution in [0.5, 0.6) is 0 Å². The van der Waals surface area contributed by atoms with Gasteiger partial charge in [-0.05, 0) is 13.8 Å². The monoisotopic (exact) mass is 190 g/mol. The fourth-order valence-electron chi connectivity index (χ4n) is 0.316. The highest BCUT2D eigenvalue weighted by molar-refractivity contribution is 8.00. The number of hydrogen-bond acceptors (Lipinski definition) is 1. The van der Waals surface area contributed by atoms with Crippen molar-refractivity contribution in [1.29, 1.82) is 0 Å². The Morgan fingerprint density at radius 2 is 1.64 bits per heavy atom. The molecule has 0 rings (SSSR count). The molecule has 0 aliphatic rings. The summed E-state index contributed by atoms with van der Waals surface area (Å²) in [5.41, 5.74) is 0. The molecule has 11 heavy (non-hydrogen) atoms. The average Bonchev–Trinajstić information content (AvgIpc) is 1.83. The molecule has 5 heteroatoms. The van der Waals surface area contributed by atoms with Gasteiger partial charge in [0.05, 0.1) is 5.75 Å². The lowest BCUT2D eigenvalue weighted by atomic mass is 10.2. The van der Waals surface area contributed by atoms with Gasteiger partial charge in [-0.1, -0.05) is 0 Å². The van der Waals surface area contributed by atoms with Gasteiger partial charge in [0.15, 0.2) is 0 Å². The van der Waals surface area contributed by atoms with Crippen LogP contribution in [0.4, 0.5) is 17.6 Å². The van der Waals surface area contributed by atoms with E-state index in [9.17, 15) is 17.6 Å². The molecule has 0 saturated heterocycles. The lowest BCUT2D eigenvalue weighted by Gasteiger charge is -2.20. The van der Waals surface area contributed by atoms with Gasteiger partial charge in [-0.25, -0.2) is 4.39 Å². The number of thioether (sulfide) groups is 1. The van der Waals surface area contributed by atoms with Crippen LogP contribution in [0.3, 0.4) is 0 Å². The summed E-state index contributed by atoms with van der Waals surface area (Å²) in [6, 6.07) is 0. The van der Waals surface area contributed by atoms with Gasteiger partial charge in [0, 0.05) is 4.75 Å². The van der Waals surface area contributed by atoms with E-state index >= 15 is 0 Å². The van der Waals surface area contributed by atoms with Crippen molar-refractivity contribution in [1.82, 2.24) is 0 Å². The maximum atomic E-state index is 12.0. The van der Waals surface area contributed by atoms with Crippen molar-refractivity contribution < 1.29 is 17.6 Å². The van der Waals surface area contributed by atoms with E-state index in [1.807, 2.05) is 0 Å². The molecule has 0 saturated carbocycles. The quantitative estimate of drug-likeness (QED) is 0.616. The van der Waals surface area contributed by atoms with E-state index in [0.29, 0.717) is 11.8 Å². The van der Waals surface area contributed by atoms with Crippen LogP contribution in [0.2, 0.25) is 0 Å². The van der Waals surface area contributed by atoms with Gasteiger partial charge in [-0.15, -0.1) is 11.8 Å². The minimum atomic E-state index is -4.20. The molecule has 0 aliphatic carbocycles. The molecule has 0 nitrogen and oxygen atoms in total. The molecule has 0 aliphatic heterocycles. The maximum Gasteiger partial charge on any atom is 0.397 e. The van der Waals surface area contributed by atoms with Crippen LogP contribution in [0.25, 0.3) is 0 Å². The van der Waals surface area contributed by atoms with E-state index in [0.717, 1.165) is 0 Å². The van der Waals surface area contributed by atoms with Crippen LogP contribution in [-0.4, -0.2) is 23.4 Å². The molecule has 0 unspecified atom stereocenters. The Morgan fingerprint density at radius 3 is 1.91 bits per heavy atom. The minimum Gasteiger partial charge on any atom is -0.250 e. The van der Waals surface area contributed by atoms with Crippen molar-refractivity contribution in [3.05, 3.63) is 0 Å². The second kappa shape index (κ2) is 3.65. The first kappa shape index (κ1) is 11.1. The number of halogens is 4. The maximum absolute atomic E-state index is 12.0. The van der Waals surface area contributed by atoms with Gasteiger partial charge in [0.1, 0.15) is 6.67 Å². The molecular formula is C6H10F4S. The molecule has 0 aromatic carbocycles. The molecule has 0 aromatic rings. The summed E-state index contributed by atoms with van der Waals surface area (Å²) >= 11 is 0.586. The van der Waals surface area contributed by atoms with E-state index in [4.69, 9.17) is 0 Å². The SMILES string of the molecule is CC(C)(CF)SCC(F)(F)F. The predicted octanol–water partition coefficient (Wildman–Crippen LogP) is 3.03. The first-order valence-corrected chi connectivity index (χ1v) is 4.02. The van der Waals surface area contributed by atoms with Crippen LogP contribution in [0, 0.1) is 0 Å². The van der Waals surface area contributed by atoms with Gasteiger partial charge >= 0.3 is 6.18 Å². The third-order valence-electron chi connectivity index (χ3n) is 0.948. The fourth-order valence-corrected chi connectivity index (χ4v) is 0.947. The highest BCUT2D eigenvalue weighted by atomic mass is 32.2. The summed E-state index contributed by atoms with van der Waals surface area (Å²) in [6.45, 7) is 2.15. The molecule has 0 fully saturated rings. The largest absolute Gasteiger partial charge is 0.397 e. The van der Waals surface area contributed by atoms with Gasteiger partial charge in [-0.2, -0.15) is 13.2 Å². The van der Waals surface area contributed by atoms with Gasteiger partial charge in [0.25, 0.3) is 0 Å². The standard InChI is InChI=1S/C6H10F4S/c1-5(2,3-7)11-4-6(8,9)10/h3-4H2,1-2H3. The first-order valence-electron chi connectivity index (χ1n) is 3.03. The van der Waals surface area contributed by atoms with Crippen molar-refractivity contribution in [2.45, 2.75) is 24.8 Å². The smallest absolute Gasteiger partial charge is 0.250 e. The van der Waals surface area contributed by atoms with E-state index in [1.54, 1.807) is 0 Å². The van der Waals surface area contributed by atoms with Crippen LogP contribution >= 0.6 is 11.8 Å². The molecule has 0 aromatic heterocycles. The summed E-state index contributed by atoms with van der Waals surface area (Å²) < 4.78 is 45.8. The van der Waals surface area contributed by atoms with Crippen LogP contribution in [0.1, 0.15) is 13.8 Å². The van der Waals surface area contributed by atoms with Crippen molar-refractivity contribution in [3.63, 3.8) is 0 Å². The Morgan fingerprint density at radius 1 is 1.18 bits per heavy atom. The zero-order valence-electron chi connectivity index (χ0n) is 6.33. The summed E-state index contributed by atoms with van der Waals surface area (Å²) in [4.78, 5) is 0. The Labute approximate surface area is 67.3 Å². The summed E-state index contributed by atoms with van der Waals surface area (Å²) in [6.07, 6.45) is -4.20. The van der Waals surface area contributed by atoms with E-state index in [1.165, 1.54) is 13.8 Å². The van der Waals surface area contributed by atoms with E-state index in [-0.39, 0.29) is 0 Å². The lowest BCUT2D eigenvalue weighted by molar-refractivity contribution is -0.105. The second-order valence-electron chi connectivity index (χ2n) is 2.80. The normalized spacial score (nSPS) is 13.6. The second-order valence-corrected chi connectivity index (χ2v) is 4.48. The van der Waals surface area contributed by atoms with Crippen molar-refractivity contribution in [2.24, 2.45) is 0 Å². The molecule has 68 valence electrons. The van der Waals surface area contributed by atoms with Crippen molar-refractivity contribution in [3.8, 4) is 0 Å². The van der Waals surface area contributed by atoms with Crippen molar-refractivity contribution >= 4 is 11.8 Å². The molecule has 0 amide bonds. The van der Waals surface area contributed by atoms with Crippen LogP contribution < -0.4 is 0 Å². The fraction of sp³-hybridized carbons (Fsp3) is 1.00. The Bertz CT molecular complexity index is 118. The molecule has 0 heterocycles. The molecule has 0 bridgehead atoms. The highest BCUT2D eigenvalue weighted by Gasteiger charge is 2.31. The highest BCUT2D eigenvalue weighted by Crippen LogP contribution is 2.31. The number of hydrogen-bond donors (Lipinski definition) is 0. The molecule has 0 atom stereocenters. The van der Waals surface area contributed by atoms with Crippen LogP contribution in [0.15, 0.2) is 0 Å². The zero-order valence-corrected chi connectivity index (χ0v) is 7.15. The summed E-state index contributed by atoms with van der Waals surface area (Å²) in [5.74, 6) is -0.982. The number of rotatable bonds is 3. The molecule has 0 spiro atoms. The Hall–Kier alpha value is 0.0700.